The van der Waals surface area contributed by atoms with Crippen LogP contribution in [0.2, 0.25) is 0 Å². The third-order valence-corrected chi connectivity index (χ3v) is 3.81. The Kier molecular flexibility index (Phi) is 4.13. The molecule has 0 bridgehead atoms. The van der Waals surface area contributed by atoms with Gasteiger partial charge < -0.3 is 9.80 Å². The summed E-state index contributed by atoms with van der Waals surface area (Å²) in [4.78, 5) is 16.5. The molecule has 2 aromatic rings. The summed E-state index contributed by atoms with van der Waals surface area (Å²) in [6, 6.07) is 4.25. The molecule has 22 heavy (non-hydrogen) atoms. The normalized spacial score (nSPS) is 18.8. The van der Waals surface area contributed by atoms with Gasteiger partial charge in [0.1, 0.15) is 0 Å². The van der Waals surface area contributed by atoms with Gasteiger partial charge in [-0.3, -0.25) is 4.98 Å². The molecule has 1 saturated heterocycles. The van der Waals surface area contributed by atoms with Crippen molar-refractivity contribution in [1.29, 1.82) is 0 Å². The fraction of sp³-hybridized carbons (Fsp3) is 0.400. The molecule has 0 amide bonds. The number of piperazine rings is 1. The average molecular weight is 305 g/mol. The van der Waals surface area contributed by atoms with Crippen LogP contribution in [0.15, 0.2) is 36.9 Å². The van der Waals surface area contributed by atoms with Crippen molar-refractivity contribution in [3.05, 3.63) is 42.5 Å². The van der Waals surface area contributed by atoms with Gasteiger partial charge in [0.25, 0.3) is 6.43 Å². The molecule has 2 aromatic heterocycles. The molecule has 7 heteroatoms. The lowest BCUT2D eigenvalue weighted by molar-refractivity contribution is 0.150. The topological polar surface area (TPSA) is 45.2 Å². The number of halogens is 2. The van der Waals surface area contributed by atoms with Crippen LogP contribution in [-0.2, 0) is 0 Å². The Hall–Kier alpha value is -2.31. The number of nitrogens with zero attached hydrogens (tertiary/aromatic N) is 5. The van der Waals surface area contributed by atoms with Crippen LogP contribution in [0.25, 0.3) is 0 Å². The van der Waals surface area contributed by atoms with Gasteiger partial charge in [0, 0.05) is 56.2 Å². The highest BCUT2D eigenvalue weighted by Crippen LogP contribution is 2.22. The summed E-state index contributed by atoms with van der Waals surface area (Å²) in [7, 11) is 0. The van der Waals surface area contributed by atoms with Gasteiger partial charge >= 0.3 is 0 Å². The quantitative estimate of drug-likeness (QED) is 0.872. The molecule has 1 fully saturated rings. The molecule has 5 nitrogen and oxygen atoms in total. The Morgan fingerprint density at radius 3 is 2.41 bits per heavy atom. The SMILES string of the molecule is CC1CN(c2ncc(C(F)F)cn2)CCN1c1ccncc1. The molecule has 3 heterocycles. The number of anilines is 2. The second-order valence-electron chi connectivity index (χ2n) is 5.31. The molecule has 1 aliphatic rings. The van der Waals surface area contributed by atoms with Crippen LogP contribution in [-0.4, -0.2) is 40.6 Å². The number of pyridine rings is 1. The van der Waals surface area contributed by atoms with Crippen molar-refractivity contribution in [3.8, 4) is 0 Å². The van der Waals surface area contributed by atoms with Crippen molar-refractivity contribution in [2.45, 2.75) is 19.4 Å². The summed E-state index contributed by atoms with van der Waals surface area (Å²) >= 11 is 0. The Morgan fingerprint density at radius 1 is 1.14 bits per heavy atom. The van der Waals surface area contributed by atoms with E-state index >= 15 is 0 Å². The van der Waals surface area contributed by atoms with E-state index in [0.717, 1.165) is 25.3 Å². The Balaban J connectivity index is 1.69. The summed E-state index contributed by atoms with van der Waals surface area (Å²) < 4.78 is 25.1. The molecule has 0 saturated carbocycles. The second-order valence-corrected chi connectivity index (χ2v) is 5.31. The number of alkyl halides is 2. The van der Waals surface area contributed by atoms with Crippen LogP contribution in [0.1, 0.15) is 18.9 Å². The van der Waals surface area contributed by atoms with E-state index in [9.17, 15) is 8.78 Å². The van der Waals surface area contributed by atoms with E-state index in [1.807, 2.05) is 17.0 Å². The molecule has 3 rings (SSSR count). The standard InChI is InChI=1S/C15H17F2N5/c1-11-10-21(15-19-8-12(9-20-15)14(16)17)6-7-22(11)13-2-4-18-5-3-13/h2-5,8-9,11,14H,6-7,10H2,1H3. The van der Waals surface area contributed by atoms with E-state index in [2.05, 4.69) is 26.8 Å². The first-order valence-electron chi connectivity index (χ1n) is 7.17. The zero-order valence-electron chi connectivity index (χ0n) is 12.2. The summed E-state index contributed by atoms with van der Waals surface area (Å²) in [5.74, 6) is 0.505. The van der Waals surface area contributed by atoms with E-state index in [0.29, 0.717) is 5.95 Å². The molecule has 0 N–H and O–H groups in total. The monoisotopic (exact) mass is 305 g/mol. The highest BCUT2D eigenvalue weighted by Gasteiger charge is 2.25. The molecular formula is C15H17F2N5. The van der Waals surface area contributed by atoms with E-state index in [1.165, 1.54) is 12.4 Å². The highest BCUT2D eigenvalue weighted by molar-refractivity contribution is 5.48. The molecule has 1 aliphatic heterocycles. The van der Waals surface area contributed by atoms with Crippen LogP contribution < -0.4 is 9.80 Å². The molecule has 0 radical (unpaired) electrons. The molecule has 116 valence electrons. The van der Waals surface area contributed by atoms with E-state index in [-0.39, 0.29) is 11.6 Å². The van der Waals surface area contributed by atoms with Gasteiger partial charge in [0.2, 0.25) is 5.95 Å². The lowest BCUT2D eigenvalue weighted by Crippen LogP contribution is -2.52. The predicted octanol–water partition coefficient (Wildman–Crippen LogP) is 2.52. The molecule has 1 unspecified atom stereocenters. The van der Waals surface area contributed by atoms with Gasteiger partial charge in [-0.2, -0.15) is 0 Å². The minimum Gasteiger partial charge on any atom is -0.365 e. The molecular weight excluding hydrogens is 288 g/mol. The van der Waals surface area contributed by atoms with Crippen LogP contribution in [0.4, 0.5) is 20.4 Å². The second kappa shape index (κ2) is 6.21. The highest BCUT2D eigenvalue weighted by atomic mass is 19.3. The van der Waals surface area contributed by atoms with Crippen LogP contribution >= 0.6 is 0 Å². The van der Waals surface area contributed by atoms with Crippen molar-refractivity contribution < 1.29 is 8.78 Å². The van der Waals surface area contributed by atoms with Gasteiger partial charge in [-0.25, -0.2) is 18.7 Å². The van der Waals surface area contributed by atoms with Gasteiger partial charge in [-0.1, -0.05) is 0 Å². The van der Waals surface area contributed by atoms with Gasteiger partial charge in [-0.05, 0) is 19.1 Å². The Morgan fingerprint density at radius 2 is 1.82 bits per heavy atom. The maximum Gasteiger partial charge on any atom is 0.266 e. The van der Waals surface area contributed by atoms with Gasteiger partial charge in [0.15, 0.2) is 0 Å². The summed E-state index contributed by atoms with van der Waals surface area (Å²) in [5.41, 5.74) is 0.989. The van der Waals surface area contributed by atoms with Crippen molar-refractivity contribution >= 4 is 11.6 Å². The van der Waals surface area contributed by atoms with Crippen molar-refractivity contribution in [3.63, 3.8) is 0 Å². The number of hydrogen-bond acceptors (Lipinski definition) is 5. The fourth-order valence-corrected chi connectivity index (χ4v) is 2.67. The maximum absolute atomic E-state index is 12.5. The van der Waals surface area contributed by atoms with Gasteiger partial charge in [-0.15, -0.1) is 0 Å². The smallest absolute Gasteiger partial charge is 0.266 e. The lowest BCUT2D eigenvalue weighted by atomic mass is 10.1. The first-order chi connectivity index (χ1) is 10.6. The zero-order valence-corrected chi connectivity index (χ0v) is 12.2. The maximum atomic E-state index is 12.5. The number of rotatable bonds is 3. The minimum absolute atomic E-state index is 0.146. The Labute approximate surface area is 127 Å². The Bertz CT molecular complexity index is 605. The third kappa shape index (κ3) is 2.98. The summed E-state index contributed by atoms with van der Waals surface area (Å²) in [5, 5.41) is 0. The molecule has 0 spiro atoms. The van der Waals surface area contributed by atoms with E-state index in [1.54, 1.807) is 12.4 Å². The summed E-state index contributed by atoms with van der Waals surface area (Å²) in [6.07, 6.45) is 3.43. The van der Waals surface area contributed by atoms with Crippen LogP contribution in [0, 0.1) is 0 Å². The van der Waals surface area contributed by atoms with Crippen LogP contribution in [0.5, 0.6) is 0 Å². The van der Waals surface area contributed by atoms with Crippen molar-refractivity contribution in [2.24, 2.45) is 0 Å². The van der Waals surface area contributed by atoms with E-state index < -0.39 is 6.43 Å². The van der Waals surface area contributed by atoms with Crippen LogP contribution in [0.3, 0.4) is 0 Å². The first kappa shape index (κ1) is 14.6. The number of aromatic nitrogens is 3. The minimum atomic E-state index is -2.53. The molecule has 1 atom stereocenters. The van der Waals surface area contributed by atoms with Crippen molar-refractivity contribution in [2.75, 3.05) is 29.4 Å². The average Bonchev–Trinajstić information content (AvgIpc) is 2.55. The first-order valence-corrected chi connectivity index (χ1v) is 7.17. The van der Waals surface area contributed by atoms with Crippen molar-refractivity contribution in [1.82, 2.24) is 15.0 Å². The zero-order chi connectivity index (χ0) is 15.5. The number of hydrogen-bond donors (Lipinski definition) is 0. The van der Waals surface area contributed by atoms with Gasteiger partial charge in [0.05, 0.1) is 5.56 Å². The third-order valence-electron chi connectivity index (χ3n) is 3.81. The predicted molar refractivity (Wildman–Crippen MR) is 80.2 cm³/mol. The largest absolute Gasteiger partial charge is 0.365 e. The fourth-order valence-electron chi connectivity index (χ4n) is 2.67. The van der Waals surface area contributed by atoms with E-state index in [4.69, 9.17) is 0 Å². The summed E-state index contributed by atoms with van der Waals surface area (Å²) in [6.45, 7) is 4.45. The molecule has 0 aliphatic carbocycles. The molecule has 0 aromatic carbocycles. The lowest BCUT2D eigenvalue weighted by Gasteiger charge is -2.41.